The number of aliphatic hydroxyl groups excluding tert-OH is 1. The lowest BCUT2D eigenvalue weighted by Crippen LogP contribution is -2.46. The van der Waals surface area contributed by atoms with Gasteiger partial charge in [0.25, 0.3) is 0 Å². The summed E-state index contributed by atoms with van der Waals surface area (Å²) in [5.41, 5.74) is 4.18. The first-order valence-electron chi connectivity index (χ1n) is 7.34. The molecular formula is C16H19N3O4. The molecule has 4 atom stereocenters. The van der Waals surface area contributed by atoms with E-state index in [0.717, 1.165) is 10.1 Å². The van der Waals surface area contributed by atoms with Gasteiger partial charge in [0, 0.05) is 12.6 Å². The molecule has 1 fully saturated rings. The summed E-state index contributed by atoms with van der Waals surface area (Å²) in [6.45, 7) is 1.44. The van der Waals surface area contributed by atoms with Crippen LogP contribution < -0.4 is 11.4 Å². The van der Waals surface area contributed by atoms with Gasteiger partial charge in [0.1, 0.15) is 17.5 Å². The van der Waals surface area contributed by atoms with E-state index in [1.54, 1.807) is 0 Å². The summed E-state index contributed by atoms with van der Waals surface area (Å²) < 4.78 is 6.93. The third-order valence-corrected chi connectivity index (χ3v) is 4.14. The third kappa shape index (κ3) is 2.86. The first kappa shape index (κ1) is 15.7. The predicted octanol–water partition coefficient (Wildman–Crippen LogP) is 0.0775. The molecule has 1 aliphatic rings. The quantitative estimate of drug-likeness (QED) is 0.739. The van der Waals surface area contributed by atoms with E-state index in [2.05, 4.69) is 4.98 Å². The average molecular weight is 317 g/mol. The number of nitrogens with zero attached hydrogens (tertiary/aromatic N) is 2. The lowest BCUT2D eigenvalue weighted by Gasteiger charge is -2.27. The molecule has 4 N–H and O–H groups in total. The van der Waals surface area contributed by atoms with E-state index in [0.29, 0.717) is 6.42 Å². The van der Waals surface area contributed by atoms with Gasteiger partial charge in [-0.05, 0) is 18.6 Å². The van der Waals surface area contributed by atoms with Crippen LogP contribution in [0.2, 0.25) is 0 Å². The maximum atomic E-state index is 12.0. The van der Waals surface area contributed by atoms with Crippen molar-refractivity contribution in [2.75, 3.05) is 5.73 Å². The molecule has 1 aliphatic heterocycles. The number of aliphatic hydroxyl groups is 2. The number of aromatic nitrogens is 2. The van der Waals surface area contributed by atoms with Crippen molar-refractivity contribution in [3.05, 3.63) is 58.6 Å². The molecule has 2 aromatic rings. The minimum absolute atomic E-state index is 0.0882. The van der Waals surface area contributed by atoms with E-state index >= 15 is 0 Å². The van der Waals surface area contributed by atoms with Gasteiger partial charge in [0.2, 0.25) is 0 Å². The molecule has 0 aliphatic carbocycles. The number of anilines is 1. The summed E-state index contributed by atoms with van der Waals surface area (Å²) in [7, 11) is 0. The highest BCUT2D eigenvalue weighted by molar-refractivity contribution is 5.24. The Hall–Kier alpha value is -2.22. The molecule has 1 aromatic heterocycles. The number of nitrogen functional groups attached to an aromatic ring is 1. The molecule has 122 valence electrons. The molecule has 1 aromatic carbocycles. The van der Waals surface area contributed by atoms with Gasteiger partial charge in [-0.3, -0.25) is 4.57 Å². The molecule has 7 heteroatoms. The zero-order valence-corrected chi connectivity index (χ0v) is 12.7. The van der Waals surface area contributed by atoms with E-state index in [-0.39, 0.29) is 5.82 Å². The van der Waals surface area contributed by atoms with Crippen LogP contribution in [-0.4, -0.2) is 37.6 Å². The van der Waals surface area contributed by atoms with Gasteiger partial charge >= 0.3 is 5.69 Å². The summed E-state index contributed by atoms with van der Waals surface area (Å²) in [6, 6.07) is 10.9. The van der Waals surface area contributed by atoms with Gasteiger partial charge < -0.3 is 20.7 Å². The van der Waals surface area contributed by atoms with Crippen LogP contribution in [0.15, 0.2) is 47.4 Å². The summed E-state index contributed by atoms with van der Waals surface area (Å²) in [5, 5.41) is 21.0. The fourth-order valence-electron chi connectivity index (χ4n) is 2.86. The molecular weight excluding hydrogens is 298 g/mol. The summed E-state index contributed by atoms with van der Waals surface area (Å²) in [4.78, 5) is 15.6. The van der Waals surface area contributed by atoms with Gasteiger partial charge in [0.15, 0.2) is 6.23 Å². The molecule has 2 heterocycles. The zero-order chi connectivity index (χ0) is 16.6. The Morgan fingerprint density at radius 2 is 2.04 bits per heavy atom. The molecule has 0 saturated carbocycles. The van der Waals surface area contributed by atoms with Crippen LogP contribution in [0, 0.1) is 0 Å². The van der Waals surface area contributed by atoms with Crippen LogP contribution >= 0.6 is 0 Å². The van der Waals surface area contributed by atoms with Crippen molar-refractivity contribution in [3.63, 3.8) is 0 Å². The average Bonchev–Trinajstić information content (AvgIpc) is 2.72. The number of ether oxygens (including phenoxy) is 1. The van der Waals surface area contributed by atoms with Crippen LogP contribution in [0.4, 0.5) is 5.82 Å². The van der Waals surface area contributed by atoms with Crippen molar-refractivity contribution < 1.29 is 14.9 Å². The second-order valence-electron chi connectivity index (χ2n) is 5.93. The molecule has 3 rings (SSSR count). The monoisotopic (exact) mass is 317 g/mol. The van der Waals surface area contributed by atoms with Gasteiger partial charge in [-0.1, -0.05) is 30.3 Å². The van der Waals surface area contributed by atoms with E-state index in [1.165, 1.54) is 19.2 Å². The van der Waals surface area contributed by atoms with Crippen molar-refractivity contribution >= 4 is 5.82 Å². The number of hydrogen-bond acceptors (Lipinski definition) is 6. The standard InChI is InChI=1S/C16H19N3O4/c1-16(22)13(20)11(9-10-5-3-2-4-6-10)23-14(16)19-8-7-12(17)18-15(19)21/h2-8,11,13-14,20,22H,9H2,1H3,(H2,17,18,21)/t11-,13-,14-,16-/m1/s1. The fraction of sp³-hybridized carbons (Fsp3) is 0.375. The maximum Gasteiger partial charge on any atom is 0.351 e. The van der Waals surface area contributed by atoms with Crippen molar-refractivity contribution in [2.45, 2.75) is 37.4 Å². The van der Waals surface area contributed by atoms with Crippen molar-refractivity contribution in [3.8, 4) is 0 Å². The van der Waals surface area contributed by atoms with Crippen LogP contribution in [0.1, 0.15) is 18.7 Å². The second kappa shape index (κ2) is 5.77. The lowest BCUT2D eigenvalue weighted by molar-refractivity contribution is -0.0974. The lowest BCUT2D eigenvalue weighted by atomic mass is 9.93. The number of rotatable bonds is 3. The molecule has 7 nitrogen and oxygen atoms in total. The molecule has 0 bridgehead atoms. The molecule has 23 heavy (non-hydrogen) atoms. The Bertz CT molecular complexity index is 744. The first-order chi connectivity index (χ1) is 10.9. The SMILES string of the molecule is C[C@@]1(O)[C@H](O)[C@@H](Cc2ccccc2)O[C@H]1n1ccc(N)nc1=O. The highest BCUT2D eigenvalue weighted by Crippen LogP contribution is 2.38. The van der Waals surface area contributed by atoms with Gasteiger partial charge in [-0.15, -0.1) is 0 Å². The number of benzene rings is 1. The van der Waals surface area contributed by atoms with Crippen LogP contribution in [0.25, 0.3) is 0 Å². The minimum Gasteiger partial charge on any atom is -0.387 e. The molecule has 0 radical (unpaired) electrons. The third-order valence-electron chi connectivity index (χ3n) is 4.14. The Balaban J connectivity index is 1.89. The molecule has 0 unspecified atom stereocenters. The fourth-order valence-corrected chi connectivity index (χ4v) is 2.86. The Kier molecular flexibility index (Phi) is 3.93. The van der Waals surface area contributed by atoms with E-state index in [1.807, 2.05) is 30.3 Å². The number of hydrogen-bond donors (Lipinski definition) is 3. The highest BCUT2D eigenvalue weighted by atomic mass is 16.6. The normalized spacial score (nSPS) is 30.5. The largest absolute Gasteiger partial charge is 0.387 e. The van der Waals surface area contributed by atoms with Crippen molar-refractivity contribution in [2.24, 2.45) is 0 Å². The predicted molar refractivity (Wildman–Crippen MR) is 83.6 cm³/mol. The first-order valence-corrected chi connectivity index (χ1v) is 7.34. The van der Waals surface area contributed by atoms with Crippen LogP contribution in [0.5, 0.6) is 0 Å². The Labute approximate surface area is 133 Å². The van der Waals surface area contributed by atoms with Crippen molar-refractivity contribution in [1.82, 2.24) is 9.55 Å². The summed E-state index contributed by atoms with van der Waals surface area (Å²) in [6.07, 6.45) is -0.987. The Morgan fingerprint density at radius 3 is 2.70 bits per heavy atom. The summed E-state index contributed by atoms with van der Waals surface area (Å²) in [5.74, 6) is 0.0882. The van der Waals surface area contributed by atoms with Gasteiger partial charge in [-0.25, -0.2) is 4.79 Å². The van der Waals surface area contributed by atoms with Crippen LogP contribution in [-0.2, 0) is 11.2 Å². The zero-order valence-electron chi connectivity index (χ0n) is 12.7. The Morgan fingerprint density at radius 1 is 1.35 bits per heavy atom. The topological polar surface area (TPSA) is 111 Å². The molecule has 0 spiro atoms. The highest BCUT2D eigenvalue weighted by Gasteiger charge is 2.53. The molecule has 1 saturated heterocycles. The van der Waals surface area contributed by atoms with Gasteiger partial charge in [-0.2, -0.15) is 4.98 Å². The number of nitrogens with two attached hydrogens (primary N) is 1. The minimum atomic E-state index is -1.62. The van der Waals surface area contributed by atoms with Gasteiger partial charge in [0.05, 0.1) is 6.10 Å². The van der Waals surface area contributed by atoms with E-state index < -0.39 is 29.7 Å². The molecule has 0 amide bonds. The van der Waals surface area contributed by atoms with E-state index in [9.17, 15) is 15.0 Å². The maximum absolute atomic E-state index is 12.0. The van der Waals surface area contributed by atoms with Crippen molar-refractivity contribution in [1.29, 1.82) is 0 Å². The summed E-state index contributed by atoms with van der Waals surface area (Å²) >= 11 is 0. The second-order valence-corrected chi connectivity index (χ2v) is 5.93. The smallest absolute Gasteiger partial charge is 0.351 e. The van der Waals surface area contributed by atoms with Crippen LogP contribution in [0.3, 0.4) is 0 Å². The van der Waals surface area contributed by atoms with E-state index in [4.69, 9.17) is 10.5 Å².